The normalized spacial score (nSPS) is 23.8. The zero-order chi connectivity index (χ0) is 18.0. The molecule has 0 atom stereocenters. The van der Waals surface area contributed by atoms with Gasteiger partial charge in [0.1, 0.15) is 5.75 Å². The van der Waals surface area contributed by atoms with Gasteiger partial charge in [-0.15, -0.1) is 0 Å². The Kier molecular flexibility index (Phi) is 5.52. The Balaban J connectivity index is 1.91. The van der Waals surface area contributed by atoms with Crippen molar-refractivity contribution >= 4 is 11.7 Å². The Hall–Kier alpha value is -1.75. The molecule has 25 heavy (non-hydrogen) atoms. The molecule has 0 amide bonds. The van der Waals surface area contributed by atoms with Gasteiger partial charge in [0.15, 0.2) is 0 Å². The summed E-state index contributed by atoms with van der Waals surface area (Å²) in [5.74, 6) is 0.484. The van der Waals surface area contributed by atoms with Crippen LogP contribution in [0.4, 0.5) is 5.69 Å². The van der Waals surface area contributed by atoms with Gasteiger partial charge in [0.25, 0.3) is 0 Å². The number of carboxylic acids is 1. The lowest BCUT2D eigenvalue weighted by Gasteiger charge is -2.37. The minimum Gasteiger partial charge on any atom is -0.490 e. The van der Waals surface area contributed by atoms with Gasteiger partial charge in [-0.25, -0.2) is 4.79 Å². The predicted molar refractivity (Wildman–Crippen MR) is 97.8 cm³/mol. The second kappa shape index (κ2) is 7.65. The molecule has 0 spiro atoms. The van der Waals surface area contributed by atoms with Gasteiger partial charge in [-0.2, -0.15) is 0 Å². The number of nitrogens with zero attached hydrogens (tertiary/aromatic N) is 1. The number of benzene rings is 1. The van der Waals surface area contributed by atoms with Gasteiger partial charge >= 0.3 is 5.97 Å². The van der Waals surface area contributed by atoms with E-state index in [1.165, 1.54) is 0 Å². The molecule has 5 nitrogen and oxygen atoms in total. The molecule has 1 aromatic rings. The van der Waals surface area contributed by atoms with Crippen molar-refractivity contribution in [2.75, 3.05) is 24.7 Å². The van der Waals surface area contributed by atoms with Crippen LogP contribution in [-0.2, 0) is 4.74 Å². The van der Waals surface area contributed by atoms with E-state index >= 15 is 0 Å². The fourth-order valence-electron chi connectivity index (χ4n) is 4.00. The molecule has 138 valence electrons. The average molecular weight is 347 g/mol. The lowest BCUT2D eigenvalue weighted by molar-refractivity contribution is 0.0679. The Morgan fingerprint density at radius 2 is 2.00 bits per heavy atom. The van der Waals surface area contributed by atoms with E-state index in [1.54, 1.807) is 6.07 Å². The van der Waals surface area contributed by atoms with Crippen LogP contribution >= 0.6 is 0 Å². The summed E-state index contributed by atoms with van der Waals surface area (Å²) in [6.07, 6.45) is 4.25. The number of aromatic carboxylic acids is 1. The van der Waals surface area contributed by atoms with Crippen LogP contribution in [0.5, 0.6) is 5.75 Å². The van der Waals surface area contributed by atoms with Crippen molar-refractivity contribution in [2.24, 2.45) is 5.92 Å². The predicted octanol–water partition coefficient (Wildman–Crippen LogP) is 3.88. The van der Waals surface area contributed by atoms with Gasteiger partial charge in [0.05, 0.1) is 11.7 Å². The van der Waals surface area contributed by atoms with Crippen LogP contribution in [-0.4, -0.2) is 43.0 Å². The molecule has 3 rings (SSSR count). The maximum Gasteiger partial charge on any atom is 0.336 e. The number of carbonyl (C=O) groups is 1. The lowest BCUT2D eigenvalue weighted by Crippen LogP contribution is -2.40. The quantitative estimate of drug-likeness (QED) is 0.846. The molecule has 1 aliphatic heterocycles. The van der Waals surface area contributed by atoms with Gasteiger partial charge in [-0.3, -0.25) is 0 Å². The van der Waals surface area contributed by atoms with Gasteiger partial charge in [-0.1, -0.05) is 6.92 Å². The molecular weight excluding hydrogens is 318 g/mol. The molecule has 1 heterocycles. The van der Waals surface area contributed by atoms with E-state index in [0.29, 0.717) is 23.3 Å². The van der Waals surface area contributed by atoms with Crippen molar-refractivity contribution in [3.8, 4) is 5.75 Å². The average Bonchev–Trinajstić information content (AvgIpc) is 2.57. The molecule has 1 N–H and O–H groups in total. The van der Waals surface area contributed by atoms with Gasteiger partial charge in [-0.05, 0) is 57.1 Å². The van der Waals surface area contributed by atoms with Crippen molar-refractivity contribution in [1.29, 1.82) is 0 Å². The zero-order valence-corrected chi connectivity index (χ0v) is 15.5. The highest BCUT2D eigenvalue weighted by Gasteiger charge is 2.29. The van der Waals surface area contributed by atoms with E-state index in [2.05, 4.69) is 18.7 Å². The summed E-state index contributed by atoms with van der Waals surface area (Å²) in [4.78, 5) is 14.1. The number of anilines is 1. The topological polar surface area (TPSA) is 59.0 Å². The fourth-order valence-corrected chi connectivity index (χ4v) is 4.00. The highest BCUT2D eigenvalue weighted by Crippen LogP contribution is 2.36. The van der Waals surface area contributed by atoms with E-state index in [-0.39, 0.29) is 6.10 Å². The van der Waals surface area contributed by atoms with Crippen molar-refractivity contribution in [2.45, 2.75) is 58.6 Å². The van der Waals surface area contributed by atoms with Crippen molar-refractivity contribution in [1.82, 2.24) is 0 Å². The lowest BCUT2D eigenvalue weighted by atomic mass is 9.84. The van der Waals surface area contributed by atoms with Gasteiger partial charge in [0.2, 0.25) is 0 Å². The monoisotopic (exact) mass is 347 g/mol. The standard InChI is InChI=1S/C20H29NO4/c1-4-21(15-5-7-24-8-6-15)19-12-17(25-16-9-13(2)10-16)11-18(14(19)3)20(22)23/h11-13,15-16H,4-10H2,1-3H3,(H,22,23). The summed E-state index contributed by atoms with van der Waals surface area (Å²) in [6, 6.07) is 4.10. The van der Waals surface area contributed by atoms with Crippen molar-refractivity contribution in [3.63, 3.8) is 0 Å². The maximum absolute atomic E-state index is 11.7. The second-order valence-electron chi connectivity index (χ2n) is 7.37. The molecule has 0 aromatic heterocycles. The first-order valence-electron chi connectivity index (χ1n) is 9.38. The Morgan fingerprint density at radius 3 is 2.56 bits per heavy atom. The molecule has 1 aliphatic carbocycles. The van der Waals surface area contributed by atoms with Crippen molar-refractivity contribution in [3.05, 3.63) is 23.3 Å². The van der Waals surface area contributed by atoms with E-state index in [0.717, 1.165) is 56.7 Å². The molecule has 1 saturated carbocycles. The Bertz CT molecular complexity index is 618. The molecule has 1 saturated heterocycles. The maximum atomic E-state index is 11.7. The first-order valence-corrected chi connectivity index (χ1v) is 9.38. The van der Waals surface area contributed by atoms with E-state index < -0.39 is 5.97 Å². The molecular formula is C20H29NO4. The summed E-state index contributed by atoms with van der Waals surface area (Å²) in [5.41, 5.74) is 2.14. The number of carboxylic acid groups (broad SMARTS) is 1. The first-order chi connectivity index (χ1) is 12.0. The molecule has 2 aliphatic rings. The summed E-state index contributed by atoms with van der Waals surface area (Å²) >= 11 is 0. The Morgan fingerprint density at radius 1 is 1.32 bits per heavy atom. The van der Waals surface area contributed by atoms with Crippen LogP contribution in [0.3, 0.4) is 0 Å². The SMILES string of the molecule is CCN(c1cc(OC2CC(C)C2)cc(C(=O)O)c1C)C1CCOCC1. The smallest absolute Gasteiger partial charge is 0.336 e. The number of ether oxygens (including phenoxy) is 2. The molecule has 2 fully saturated rings. The minimum absolute atomic E-state index is 0.213. The van der Waals surface area contributed by atoms with Crippen LogP contribution in [0.15, 0.2) is 12.1 Å². The highest BCUT2D eigenvalue weighted by atomic mass is 16.5. The zero-order valence-electron chi connectivity index (χ0n) is 15.5. The third-order valence-electron chi connectivity index (χ3n) is 5.50. The largest absolute Gasteiger partial charge is 0.490 e. The first kappa shape index (κ1) is 18.1. The van der Waals surface area contributed by atoms with E-state index in [1.807, 2.05) is 13.0 Å². The van der Waals surface area contributed by atoms with Crippen LogP contribution < -0.4 is 9.64 Å². The number of hydrogen-bond donors (Lipinski definition) is 1. The molecule has 0 radical (unpaired) electrons. The minimum atomic E-state index is -0.894. The summed E-state index contributed by atoms with van der Waals surface area (Å²) in [5, 5.41) is 9.63. The molecule has 1 aromatic carbocycles. The third kappa shape index (κ3) is 3.92. The van der Waals surface area contributed by atoms with Crippen LogP contribution in [0, 0.1) is 12.8 Å². The summed E-state index contributed by atoms with van der Waals surface area (Å²) in [7, 11) is 0. The van der Waals surface area contributed by atoms with Crippen molar-refractivity contribution < 1.29 is 19.4 Å². The number of hydrogen-bond acceptors (Lipinski definition) is 4. The van der Waals surface area contributed by atoms with E-state index in [4.69, 9.17) is 9.47 Å². The summed E-state index contributed by atoms with van der Waals surface area (Å²) < 4.78 is 11.6. The molecule has 0 bridgehead atoms. The van der Waals surface area contributed by atoms with Crippen LogP contribution in [0.1, 0.15) is 55.5 Å². The fraction of sp³-hybridized carbons (Fsp3) is 0.650. The number of rotatable bonds is 6. The van der Waals surface area contributed by atoms with Crippen LogP contribution in [0.25, 0.3) is 0 Å². The molecule has 5 heteroatoms. The summed E-state index contributed by atoms with van der Waals surface area (Å²) in [6.45, 7) is 8.61. The molecule has 0 unspecified atom stereocenters. The van der Waals surface area contributed by atoms with Gasteiger partial charge < -0.3 is 19.5 Å². The Labute approximate surface area is 149 Å². The van der Waals surface area contributed by atoms with Crippen LogP contribution in [0.2, 0.25) is 0 Å². The highest BCUT2D eigenvalue weighted by molar-refractivity contribution is 5.92. The third-order valence-corrected chi connectivity index (χ3v) is 5.50. The van der Waals surface area contributed by atoms with Gasteiger partial charge in [0, 0.05) is 37.6 Å². The second-order valence-corrected chi connectivity index (χ2v) is 7.37. The van der Waals surface area contributed by atoms with E-state index in [9.17, 15) is 9.90 Å².